The SMILES string of the molecule is Cc1ccc(-n2c(O)c(/C=N/NC(=O)c3ccc(CSc4ccc(Cl)cc4)cc3)c3ccccc3c2=O)cc1C. The average Bonchev–Trinajstić information content (AvgIpc) is 2.96. The normalized spacial score (nSPS) is 11.3. The van der Waals surface area contributed by atoms with E-state index in [2.05, 4.69) is 10.5 Å². The van der Waals surface area contributed by atoms with Gasteiger partial charge in [-0.1, -0.05) is 48.0 Å². The maximum absolute atomic E-state index is 13.3. The molecule has 0 saturated carbocycles. The minimum atomic E-state index is -0.389. The van der Waals surface area contributed by atoms with Crippen LogP contribution in [0.15, 0.2) is 106 Å². The Balaban J connectivity index is 1.36. The topological polar surface area (TPSA) is 83.7 Å². The number of carbonyl (C=O) groups is 1. The molecule has 0 atom stereocenters. The molecule has 0 saturated heterocycles. The molecule has 1 amide bonds. The van der Waals surface area contributed by atoms with E-state index in [1.165, 1.54) is 10.8 Å². The first-order valence-corrected chi connectivity index (χ1v) is 13.9. The molecular weight excluding hydrogens is 542 g/mol. The summed E-state index contributed by atoms with van der Waals surface area (Å²) in [5.74, 6) is 0.108. The summed E-state index contributed by atoms with van der Waals surface area (Å²) in [6, 6.07) is 27.5. The van der Waals surface area contributed by atoms with E-state index in [-0.39, 0.29) is 17.3 Å². The third-order valence-corrected chi connectivity index (χ3v) is 7.98. The van der Waals surface area contributed by atoms with Crippen LogP contribution >= 0.6 is 23.4 Å². The molecule has 5 rings (SSSR count). The number of benzene rings is 4. The van der Waals surface area contributed by atoms with Gasteiger partial charge in [-0.05, 0) is 85.1 Å². The predicted molar refractivity (Wildman–Crippen MR) is 163 cm³/mol. The summed E-state index contributed by atoms with van der Waals surface area (Å²) in [5, 5.41) is 17.0. The lowest BCUT2D eigenvalue weighted by Crippen LogP contribution is -2.21. The highest BCUT2D eigenvalue weighted by Gasteiger charge is 2.17. The van der Waals surface area contributed by atoms with Crippen molar-refractivity contribution >= 4 is 46.3 Å². The molecule has 0 bridgehead atoms. The average molecular weight is 568 g/mol. The molecule has 0 unspecified atom stereocenters. The summed E-state index contributed by atoms with van der Waals surface area (Å²) in [6.07, 6.45) is 1.36. The highest BCUT2D eigenvalue weighted by molar-refractivity contribution is 7.98. The van der Waals surface area contributed by atoms with E-state index in [0.717, 1.165) is 27.3 Å². The molecule has 1 aromatic heterocycles. The van der Waals surface area contributed by atoms with Crippen LogP contribution in [-0.4, -0.2) is 21.8 Å². The molecule has 6 nitrogen and oxygen atoms in total. The van der Waals surface area contributed by atoms with Gasteiger partial charge in [0, 0.05) is 32.0 Å². The quantitative estimate of drug-likeness (QED) is 0.126. The van der Waals surface area contributed by atoms with Gasteiger partial charge in [-0.15, -0.1) is 11.8 Å². The number of aromatic hydroxyl groups is 1. The Morgan fingerprint density at radius 3 is 2.35 bits per heavy atom. The number of halogens is 1. The molecule has 0 aliphatic rings. The van der Waals surface area contributed by atoms with Crippen molar-refractivity contribution < 1.29 is 9.90 Å². The smallest absolute Gasteiger partial charge is 0.271 e. The Hall–Kier alpha value is -4.33. The van der Waals surface area contributed by atoms with Crippen LogP contribution in [0.1, 0.15) is 32.6 Å². The summed E-state index contributed by atoms with van der Waals surface area (Å²) in [4.78, 5) is 27.2. The van der Waals surface area contributed by atoms with E-state index in [0.29, 0.717) is 32.6 Å². The van der Waals surface area contributed by atoms with Crippen molar-refractivity contribution in [2.45, 2.75) is 24.5 Å². The van der Waals surface area contributed by atoms with Crippen molar-refractivity contribution in [1.29, 1.82) is 0 Å². The Bertz CT molecular complexity index is 1800. The molecule has 200 valence electrons. The number of pyridine rings is 1. The summed E-state index contributed by atoms with van der Waals surface area (Å²) in [7, 11) is 0. The fourth-order valence-electron chi connectivity index (χ4n) is 4.26. The molecule has 0 fully saturated rings. The van der Waals surface area contributed by atoms with Gasteiger partial charge in [0.2, 0.25) is 5.88 Å². The van der Waals surface area contributed by atoms with Crippen LogP contribution in [0.2, 0.25) is 5.02 Å². The number of fused-ring (bicyclic) bond motifs is 1. The second kappa shape index (κ2) is 11.8. The highest BCUT2D eigenvalue weighted by Crippen LogP contribution is 2.27. The number of thioether (sulfide) groups is 1. The fraction of sp³-hybridized carbons (Fsp3) is 0.0938. The summed E-state index contributed by atoms with van der Waals surface area (Å²) in [6.45, 7) is 3.93. The van der Waals surface area contributed by atoms with E-state index >= 15 is 0 Å². The van der Waals surface area contributed by atoms with Gasteiger partial charge in [0.1, 0.15) is 0 Å². The molecule has 0 aliphatic carbocycles. The van der Waals surface area contributed by atoms with Gasteiger partial charge in [0.15, 0.2) is 0 Å². The maximum atomic E-state index is 13.3. The summed E-state index contributed by atoms with van der Waals surface area (Å²) in [5.41, 5.74) is 6.65. The van der Waals surface area contributed by atoms with Crippen molar-refractivity contribution in [2.24, 2.45) is 5.10 Å². The number of carbonyl (C=O) groups excluding carboxylic acids is 1. The van der Waals surface area contributed by atoms with E-state index in [9.17, 15) is 14.7 Å². The second-order valence-electron chi connectivity index (χ2n) is 9.33. The van der Waals surface area contributed by atoms with Crippen molar-refractivity contribution in [3.8, 4) is 11.6 Å². The zero-order chi connectivity index (χ0) is 28.2. The second-order valence-corrected chi connectivity index (χ2v) is 10.8. The van der Waals surface area contributed by atoms with E-state index in [1.54, 1.807) is 54.2 Å². The molecule has 8 heteroatoms. The summed E-state index contributed by atoms with van der Waals surface area (Å²) < 4.78 is 1.26. The van der Waals surface area contributed by atoms with Gasteiger partial charge in [-0.3, -0.25) is 9.59 Å². The Morgan fingerprint density at radius 2 is 1.65 bits per heavy atom. The minimum Gasteiger partial charge on any atom is -0.494 e. The fourth-order valence-corrected chi connectivity index (χ4v) is 5.24. The molecule has 0 radical (unpaired) electrons. The molecule has 0 spiro atoms. The van der Waals surface area contributed by atoms with Gasteiger partial charge in [-0.25, -0.2) is 9.99 Å². The largest absolute Gasteiger partial charge is 0.494 e. The number of amides is 1. The van der Waals surface area contributed by atoms with Crippen molar-refractivity contribution in [3.63, 3.8) is 0 Å². The highest BCUT2D eigenvalue weighted by atomic mass is 35.5. The molecule has 5 aromatic rings. The van der Waals surface area contributed by atoms with Crippen LogP contribution in [-0.2, 0) is 5.75 Å². The first-order chi connectivity index (χ1) is 19.3. The van der Waals surface area contributed by atoms with Gasteiger partial charge >= 0.3 is 0 Å². The first kappa shape index (κ1) is 27.2. The van der Waals surface area contributed by atoms with Crippen LogP contribution in [0.25, 0.3) is 16.5 Å². The Kier molecular flexibility index (Phi) is 8.05. The number of rotatable bonds is 7. The van der Waals surface area contributed by atoms with E-state index in [1.807, 2.05) is 62.4 Å². The standard InChI is InChI=1S/C32H26ClN3O3S/c1-20-7-14-25(17-21(20)2)36-31(38)28-6-4-3-5-27(28)29(32(36)39)18-34-35-30(37)23-10-8-22(9-11-23)19-40-26-15-12-24(33)13-16-26/h3-18,39H,19H2,1-2H3,(H,35,37)/b34-18+. The third-order valence-electron chi connectivity index (χ3n) is 6.65. The van der Waals surface area contributed by atoms with E-state index < -0.39 is 0 Å². The van der Waals surface area contributed by atoms with Crippen LogP contribution in [0.5, 0.6) is 5.88 Å². The van der Waals surface area contributed by atoms with E-state index in [4.69, 9.17) is 11.6 Å². The molecule has 4 aromatic carbocycles. The number of nitrogens with one attached hydrogen (secondary N) is 1. The molecule has 0 aliphatic heterocycles. The number of aromatic nitrogens is 1. The van der Waals surface area contributed by atoms with Crippen LogP contribution in [0, 0.1) is 13.8 Å². The van der Waals surface area contributed by atoms with Gasteiger partial charge < -0.3 is 5.11 Å². The molecular formula is C32H26ClN3O3S. The Labute approximate surface area is 240 Å². The number of nitrogens with zero attached hydrogens (tertiary/aromatic N) is 2. The first-order valence-electron chi connectivity index (χ1n) is 12.6. The number of aryl methyl sites for hydroxylation is 2. The minimum absolute atomic E-state index is 0.257. The lowest BCUT2D eigenvalue weighted by Gasteiger charge is -2.14. The number of hydrogen-bond acceptors (Lipinski definition) is 5. The zero-order valence-corrected chi connectivity index (χ0v) is 23.5. The van der Waals surface area contributed by atoms with Crippen LogP contribution in [0.4, 0.5) is 0 Å². The lowest BCUT2D eigenvalue weighted by atomic mass is 10.1. The molecule has 2 N–H and O–H groups in total. The van der Waals surface area contributed by atoms with Crippen molar-refractivity contribution in [1.82, 2.24) is 9.99 Å². The van der Waals surface area contributed by atoms with Gasteiger partial charge in [0.25, 0.3) is 11.5 Å². The van der Waals surface area contributed by atoms with Gasteiger partial charge in [-0.2, -0.15) is 5.10 Å². The Morgan fingerprint density at radius 1 is 0.950 bits per heavy atom. The number of hydrogen-bond donors (Lipinski definition) is 2. The molecule has 1 heterocycles. The van der Waals surface area contributed by atoms with Crippen molar-refractivity contribution in [3.05, 3.63) is 134 Å². The van der Waals surface area contributed by atoms with Crippen molar-refractivity contribution in [2.75, 3.05) is 0 Å². The summed E-state index contributed by atoms with van der Waals surface area (Å²) >= 11 is 7.63. The van der Waals surface area contributed by atoms with Gasteiger partial charge in [0.05, 0.1) is 17.5 Å². The monoisotopic (exact) mass is 567 g/mol. The lowest BCUT2D eigenvalue weighted by molar-refractivity contribution is 0.0955. The predicted octanol–water partition coefficient (Wildman–Crippen LogP) is 7.02. The third kappa shape index (κ3) is 5.81. The maximum Gasteiger partial charge on any atom is 0.271 e. The zero-order valence-electron chi connectivity index (χ0n) is 21.9. The van der Waals surface area contributed by atoms with Crippen LogP contribution in [0.3, 0.4) is 0 Å². The number of hydrazone groups is 1. The van der Waals surface area contributed by atoms with Crippen LogP contribution < -0.4 is 11.0 Å². The molecule has 40 heavy (non-hydrogen) atoms.